The van der Waals surface area contributed by atoms with E-state index < -0.39 is 0 Å². The molecule has 1 atom stereocenters. The molecule has 5 nitrogen and oxygen atoms in total. The van der Waals surface area contributed by atoms with Crippen molar-refractivity contribution in [1.82, 2.24) is 5.32 Å². The first kappa shape index (κ1) is 16.5. The molecule has 1 aromatic carbocycles. The van der Waals surface area contributed by atoms with Gasteiger partial charge in [0.2, 0.25) is 5.91 Å². The molecule has 1 aromatic rings. The number of anilines is 1. The Labute approximate surface area is 131 Å². The van der Waals surface area contributed by atoms with Gasteiger partial charge in [-0.25, -0.2) is 0 Å². The predicted molar refractivity (Wildman–Crippen MR) is 85.8 cm³/mol. The van der Waals surface area contributed by atoms with E-state index in [0.29, 0.717) is 17.7 Å². The van der Waals surface area contributed by atoms with Gasteiger partial charge in [-0.05, 0) is 37.8 Å². The van der Waals surface area contributed by atoms with Crippen LogP contribution in [0.1, 0.15) is 43.0 Å². The maximum Gasteiger partial charge on any atom is 0.253 e. The topological polar surface area (TPSA) is 69.6 Å². The average Bonchev–Trinajstić information content (AvgIpc) is 3.37. The Morgan fingerprint density at radius 3 is 2.64 bits per heavy atom. The Kier molecular flexibility index (Phi) is 5.55. The summed E-state index contributed by atoms with van der Waals surface area (Å²) in [6.45, 7) is 2.01. The molecule has 0 heterocycles. The second-order valence-corrected chi connectivity index (χ2v) is 5.78. The summed E-state index contributed by atoms with van der Waals surface area (Å²) in [4.78, 5) is 26.3. The van der Waals surface area contributed by atoms with Crippen LogP contribution in [-0.4, -0.2) is 36.6 Å². The third-order valence-electron chi connectivity index (χ3n) is 4.07. The van der Waals surface area contributed by atoms with E-state index >= 15 is 0 Å². The Morgan fingerprint density at radius 1 is 1.36 bits per heavy atom. The molecule has 2 amide bonds. The van der Waals surface area contributed by atoms with Crippen LogP contribution in [0.15, 0.2) is 24.3 Å². The number of rotatable bonds is 7. The molecule has 1 fully saturated rings. The van der Waals surface area contributed by atoms with Gasteiger partial charge in [0.1, 0.15) is 0 Å². The zero-order valence-electron chi connectivity index (χ0n) is 13.2. The number of hydrogen-bond acceptors (Lipinski definition) is 3. The van der Waals surface area contributed by atoms with Gasteiger partial charge in [-0.2, -0.15) is 0 Å². The normalized spacial score (nSPS) is 15.2. The van der Waals surface area contributed by atoms with E-state index in [0.717, 1.165) is 19.3 Å². The Morgan fingerprint density at radius 2 is 2.05 bits per heavy atom. The van der Waals surface area contributed by atoms with Crippen LogP contribution in [0, 0.1) is 5.92 Å². The zero-order valence-corrected chi connectivity index (χ0v) is 13.2. The number of nitrogens with zero attached hydrogens (tertiary/aromatic N) is 1. The number of hydrogen-bond donors (Lipinski definition) is 2. The molecular weight excluding hydrogens is 280 g/mol. The van der Waals surface area contributed by atoms with Crippen molar-refractivity contribution in [3.8, 4) is 0 Å². The van der Waals surface area contributed by atoms with Crippen molar-refractivity contribution >= 4 is 17.5 Å². The third kappa shape index (κ3) is 3.85. The van der Waals surface area contributed by atoms with Crippen LogP contribution in [-0.2, 0) is 4.79 Å². The summed E-state index contributed by atoms with van der Waals surface area (Å²) in [5.41, 5.74) is 1.13. The van der Waals surface area contributed by atoms with Crippen LogP contribution in [0.3, 0.4) is 0 Å². The highest BCUT2D eigenvalue weighted by Gasteiger charge is 2.33. The first-order chi connectivity index (χ1) is 10.6. The molecule has 120 valence electrons. The van der Waals surface area contributed by atoms with E-state index in [1.165, 1.54) is 0 Å². The van der Waals surface area contributed by atoms with Gasteiger partial charge < -0.3 is 15.3 Å². The highest BCUT2D eigenvalue weighted by Crippen LogP contribution is 2.33. The number of aliphatic hydroxyl groups excluding tert-OH is 1. The number of aliphatic hydroxyl groups is 1. The van der Waals surface area contributed by atoms with Crippen LogP contribution < -0.4 is 10.2 Å². The van der Waals surface area contributed by atoms with Gasteiger partial charge in [-0.1, -0.05) is 19.1 Å². The summed E-state index contributed by atoms with van der Waals surface area (Å²) >= 11 is 0. The summed E-state index contributed by atoms with van der Waals surface area (Å²) in [5, 5.41) is 12.0. The maximum absolute atomic E-state index is 12.5. The fraction of sp³-hybridized carbons (Fsp3) is 0.529. The molecule has 1 aliphatic rings. The molecule has 0 spiro atoms. The van der Waals surface area contributed by atoms with E-state index in [4.69, 9.17) is 5.11 Å². The Bertz CT molecular complexity index is 540. The van der Waals surface area contributed by atoms with Gasteiger partial charge >= 0.3 is 0 Å². The van der Waals surface area contributed by atoms with Gasteiger partial charge in [0.25, 0.3) is 5.91 Å². The van der Waals surface area contributed by atoms with Crippen LogP contribution in [0.2, 0.25) is 0 Å². The van der Waals surface area contributed by atoms with Gasteiger partial charge in [-0.15, -0.1) is 0 Å². The largest absolute Gasteiger partial charge is 0.396 e. The minimum Gasteiger partial charge on any atom is -0.396 e. The first-order valence-corrected chi connectivity index (χ1v) is 7.86. The molecule has 2 N–H and O–H groups in total. The fourth-order valence-corrected chi connectivity index (χ4v) is 2.48. The Balaban J connectivity index is 2.16. The molecule has 2 rings (SSSR count). The maximum atomic E-state index is 12.5. The molecular formula is C17H24N2O3. The van der Waals surface area contributed by atoms with Crippen molar-refractivity contribution in [2.75, 3.05) is 18.6 Å². The molecule has 1 saturated carbocycles. The van der Waals surface area contributed by atoms with Crippen LogP contribution in [0.4, 0.5) is 5.69 Å². The van der Waals surface area contributed by atoms with E-state index in [-0.39, 0.29) is 30.4 Å². The number of para-hydroxylation sites is 1. The number of nitrogens with one attached hydrogen (secondary N) is 1. The SMILES string of the molecule is CCC(CCO)NC(=O)c1ccccc1N(C)C(=O)C1CC1. The van der Waals surface area contributed by atoms with Crippen molar-refractivity contribution in [2.45, 2.75) is 38.6 Å². The molecule has 0 saturated heterocycles. The lowest BCUT2D eigenvalue weighted by molar-refractivity contribution is -0.119. The lowest BCUT2D eigenvalue weighted by Crippen LogP contribution is -2.37. The monoisotopic (exact) mass is 304 g/mol. The lowest BCUT2D eigenvalue weighted by Gasteiger charge is -2.22. The van der Waals surface area contributed by atoms with Crippen molar-refractivity contribution in [3.05, 3.63) is 29.8 Å². The smallest absolute Gasteiger partial charge is 0.253 e. The number of amides is 2. The zero-order chi connectivity index (χ0) is 16.1. The van der Waals surface area contributed by atoms with Gasteiger partial charge in [-0.3, -0.25) is 9.59 Å². The van der Waals surface area contributed by atoms with Crippen molar-refractivity contribution in [2.24, 2.45) is 5.92 Å². The molecule has 0 aromatic heterocycles. The molecule has 1 aliphatic carbocycles. The Hall–Kier alpha value is -1.88. The number of carbonyl (C=O) groups is 2. The highest BCUT2D eigenvalue weighted by molar-refractivity contribution is 6.05. The van der Waals surface area contributed by atoms with Crippen LogP contribution in [0.5, 0.6) is 0 Å². The summed E-state index contributed by atoms with van der Waals surface area (Å²) in [7, 11) is 1.72. The van der Waals surface area contributed by atoms with Crippen molar-refractivity contribution in [1.29, 1.82) is 0 Å². The average molecular weight is 304 g/mol. The van der Waals surface area contributed by atoms with Gasteiger partial charge in [0.15, 0.2) is 0 Å². The molecule has 0 aliphatic heterocycles. The van der Waals surface area contributed by atoms with Gasteiger partial charge in [0, 0.05) is 25.6 Å². The van der Waals surface area contributed by atoms with E-state index in [1.54, 1.807) is 30.1 Å². The quantitative estimate of drug-likeness (QED) is 0.809. The van der Waals surface area contributed by atoms with Crippen molar-refractivity contribution < 1.29 is 14.7 Å². The molecule has 0 radical (unpaired) electrons. The highest BCUT2D eigenvalue weighted by atomic mass is 16.3. The summed E-state index contributed by atoms with van der Waals surface area (Å²) in [6, 6.07) is 7.08. The molecule has 0 bridgehead atoms. The first-order valence-electron chi connectivity index (χ1n) is 7.86. The molecule has 22 heavy (non-hydrogen) atoms. The van der Waals surface area contributed by atoms with E-state index in [9.17, 15) is 9.59 Å². The fourth-order valence-electron chi connectivity index (χ4n) is 2.48. The summed E-state index contributed by atoms with van der Waals surface area (Å²) in [6.07, 6.45) is 3.16. The second-order valence-electron chi connectivity index (χ2n) is 5.78. The summed E-state index contributed by atoms with van der Waals surface area (Å²) in [5.74, 6) is -0.0205. The number of carbonyl (C=O) groups excluding carboxylic acids is 2. The van der Waals surface area contributed by atoms with Gasteiger partial charge in [0.05, 0.1) is 11.3 Å². The predicted octanol–water partition coefficient (Wildman–Crippen LogP) is 1.95. The lowest BCUT2D eigenvalue weighted by atomic mass is 10.1. The van der Waals surface area contributed by atoms with Crippen LogP contribution >= 0.6 is 0 Å². The minimum atomic E-state index is -0.202. The molecule has 5 heteroatoms. The second kappa shape index (κ2) is 7.40. The summed E-state index contributed by atoms with van der Waals surface area (Å²) < 4.78 is 0. The van der Waals surface area contributed by atoms with E-state index in [2.05, 4.69) is 5.32 Å². The van der Waals surface area contributed by atoms with Crippen LogP contribution in [0.25, 0.3) is 0 Å². The molecule has 1 unspecified atom stereocenters. The third-order valence-corrected chi connectivity index (χ3v) is 4.07. The standard InChI is InChI=1S/C17H24N2O3/c1-3-13(10-11-20)18-16(21)14-6-4-5-7-15(14)19(2)17(22)12-8-9-12/h4-7,12-13,20H,3,8-11H2,1-2H3,(H,18,21). The minimum absolute atomic E-state index is 0.0422. The van der Waals surface area contributed by atoms with E-state index in [1.807, 2.05) is 13.0 Å². The van der Waals surface area contributed by atoms with Crippen molar-refractivity contribution in [3.63, 3.8) is 0 Å². The number of benzene rings is 1.